The maximum absolute atomic E-state index is 13.7. The zero-order valence-corrected chi connectivity index (χ0v) is 22.1. The molecular weight excluding hydrogens is 510 g/mol. The Bertz CT molecular complexity index is 1140. The Hall–Kier alpha value is -4.06. The number of hydrogen-bond acceptors (Lipinski definition) is 8. The van der Waals surface area contributed by atoms with E-state index in [1.165, 1.54) is 17.3 Å². The monoisotopic (exact) mass is 544 g/mol. The van der Waals surface area contributed by atoms with Gasteiger partial charge in [0.25, 0.3) is 5.91 Å². The molecule has 0 unspecified atom stereocenters. The highest BCUT2D eigenvalue weighted by molar-refractivity contribution is 6.04. The van der Waals surface area contributed by atoms with Crippen molar-refractivity contribution in [3.63, 3.8) is 0 Å². The third-order valence-electron chi connectivity index (χ3n) is 6.55. The van der Waals surface area contributed by atoms with Gasteiger partial charge in [-0.25, -0.2) is 19.6 Å². The lowest BCUT2D eigenvalue weighted by Gasteiger charge is -2.37. The number of ether oxygens (including phenoxy) is 1. The molecule has 10 nitrogen and oxygen atoms in total. The Labute approximate surface area is 226 Å². The first-order chi connectivity index (χ1) is 18.8. The standard InChI is InChI=1S/C27H34F2N6O4/c1-3-10-35(30)26-7-4-20(16-31-26)17-34(19-37)27(38)24-13-22(39-23(14-28)15-29)5-6-25(24)32(2)21-8-11-33(18-36)12-9-21/h3-7,10,13,16,18-19,21,23H,8-9,11-12,14-15,17,30H2,1-2H3/b10-3-. The fourth-order valence-corrected chi connectivity index (χ4v) is 4.35. The predicted molar refractivity (Wildman–Crippen MR) is 144 cm³/mol. The van der Waals surface area contributed by atoms with E-state index < -0.39 is 25.4 Å². The van der Waals surface area contributed by atoms with Crippen LogP contribution in [0.3, 0.4) is 0 Å². The first-order valence-electron chi connectivity index (χ1n) is 12.6. The van der Waals surface area contributed by atoms with Crippen molar-refractivity contribution in [2.24, 2.45) is 5.84 Å². The summed E-state index contributed by atoms with van der Waals surface area (Å²) in [4.78, 5) is 45.7. The van der Waals surface area contributed by atoms with Crippen molar-refractivity contribution >= 4 is 30.2 Å². The number of hydrogen-bond donors (Lipinski definition) is 1. The largest absolute Gasteiger partial charge is 0.485 e. The molecule has 2 N–H and O–H groups in total. The molecule has 0 saturated carbocycles. The number of pyridine rings is 1. The summed E-state index contributed by atoms with van der Waals surface area (Å²) in [5.74, 6) is 5.85. The summed E-state index contributed by atoms with van der Waals surface area (Å²) >= 11 is 0. The molecule has 0 bridgehead atoms. The van der Waals surface area contributed by atoms with Crippen LogP contribution in [0.1, 0.15) is 35.7 Å². The summed E-state index contributed by atoms with van der Waals surface area (Å²) in [6.45, 7) is 0.845. The molecule has 0 aliphatic carbocycles. The lowest BCUT2D eigenvalue weighted by atomic mass is 10.0. The number of halogens is 2. The van der Waals surface area contributed by atoms with Crippen molar-refractivity contribution in [2.45, 2.75) is 38.5 Å². The second-order valence-corrected chi connectivity index (χ2v) is 9.16. The quantitative estimate of drug-likeness (QED) is 0.233. The maximum atomic E-state index is 13.7. The number of rotatable bonds is 13. The van der Waals surface area contributed by atoms with Gasteiger partial charge in [-0.3, -0.25) is 24.3 Å². The van der Waals surface area contributed by atoms with Gasteiger partial charge in [-0.05, 0) is 49.6 Å². The fourth-order valence-electron chi connectivity index (χ4n) is 4.35. The number of carbonyl (C=O) groups excluding carboxylic acids is 3. The number of carbonyl (C=O) groups is 3. The van der Waals surface area contributed by atoms with Crippen LogP contribution < -0.4 is 20.5 Å². The Morgan fingerprint density at radius 3 is 2.49 bits per heavy atom. The lowest BCUT2D eigenvalue weighted by molar-refractivity contribution is -0.119. The van der Waals surface area contributed by atoms with Gasteiger partial charge in [0.2, 0.25) is 12.8 Å². The van der Waals surface area contributed by atoms with Gasteiger partial charge in [0.15, 0.2) is 6.10 Å². The summed E-state index contributed by atoms with van der Waals surface area (Å²) in [5.41, 5.74) is 1.26. The van der Waals surface area contributed by atoms with Crippen LogP contribution >= 0.6 is 0 Å². The fraction of sp³-hybridized carbons (Fsp3) is 0.407. The summed E-state index contributed by atoms with van der Waals surface area (Å²) in [7, 11) is 1.83. The number of alkyl halides is 2. The van der Waals surface area contributed by atoms with E-state index in [0.717, 1.165) is 11.3 Å². The predicted octanol–water partition coefficient (Wildman–Crippen LogP) is 2.84. The minimum atomic E-state index is -1.30. The molecule has 1 aromatic carbocycles. The van der Waals surface area contributed by atoms with E-state index >= 15 is 0 Å². The molecule has 2 heterocycles. The summed E-state index contributed by atoms with van der Waals surface area (Å²) in [5, 5.41) is 1.34. The van der Waals surface area contributed by atoms with Crippen molar-refractivity contribution in [2.75, 3.05) is 43.4 Å². The molecule has 1 saturated heterocycles. The van der Waals surface area contributed by atoms with Gasteiger partial charge in [0.1, 0.15) is 24.9 Å². The maximum Gasteiger partial charge on any atom is 0.262 e. The number of imide groups is 1. The van der Waals surface area contributed by atoms with Gasteiger partial charge in [-0.2, -0.15) is 0 Å². The van der Waals surface area contributed by atoms with E-state index in [9.17, 15) is 23.2 Å². The number of likely N-dealkylation sites (tertiary alicyclic amines) is 1. The highest BCUT2D eigenvalue weighted by atomic mass is 19.1. The molecular formula is C27H34F2N6O4. The Morgan fingerprint density at radius 1 is 1.21 bits per heavy atom. The highest BCUT2D eigenvalue weighted by Gasteiger charge is 2.27. The average molecular weight is 545 g/mol. The number of piperidine rings is 1. The van der Waals surface area contributed by atoms with Crippen LogP contribution in [0, 0.1) is 0 Å². The van der Waals surface area contributed by atoms with Crippen LogP contribution in [0.25, 0.3) is 0 Å². The third kappa shape index (κ3) is 7.50. The van der Waals surface area contributed by atoms with E-state index in [1.807, 2.05) is 18.9 Å². The molecule has 3 amide bonds. The highest BCUT2D eigenvalue weighted by Crippen LogP contribution is 2.30. The second-order valence-electron chi connectivity index (χ2n) is 9.16. The van der Waals surface area contributed by atoms with E-state index in [1.54, 1.807) is 41.4 Å². The summed E-state index contributed by atoms with van der Waals surface area (Å²) in [6.07, 6.45) is 6.22. The molecule has 0 radical (unpaired) electrons. The minimum absolute atomic E-state index is 0.0294. The van der Waals surface area contributed by atoms with Crippen molar-refractivity contribution in [1.82, 2.24) is 14.8 Å². The molecule has 1 aromatic heterocycles. The Morgan fingerprint density at radius 2 is 1.92 bits per heavy atom. The van der Waals surface area contributed by atoms with Crippen molar-refractivity contribution < 1.29 is 27.9 Å². The summed E-state index contributed by atoms with van der Waals surface area (Å²) in [6, 6.07) is 7.97. The second kappa shape index (κ2) is 14.2. The van der Waals surface area contributed by atoms with Crippen LogP contribution in [0.2, 0.25) is 0 Å². The van der Waals surface area contributed by atoms with E-state index in [2.05, 4.69) is 4.98 Å². The SMILES string of the molecule is C/C=C\N(N)c1ccc(CN(C=O)C(=O)c2cc(OC(CF)CF)ccc2N(C)C2CCN(C=O)CC2)cn1. The molecule has 1 fully saturated rings. The summed E-state index contributed by atoms with van der Waals surface area (Å²) < 4.78 is 31.6. The number of anilines is 2. The van der Waals surface area contributed by atoms with Gasteiger partial charge in [-0.15, -0.1) is 0 Å². The van der Waals surface area contributed by atoms with Crippen LogP contribution in [-0.4, -0.2) is 79.1 Å². The molecule has 1 aliphatic rings. The third-order valence-corrected chi connectivity index (χ3v) is 6.55. The molecule has 2 aromatic rings. The van der Waals surface area contributed by atoms with Crippen LogP contribution in [0.15, 0.2) is 48.8 Å². The normalized spacial score (nSPS) is 13.9. The van der Waals surface area contributed by atoms with Crippen LogP contribution in [-0.2, 0) is 16.1 Å². The molecule has 3 rings (SSSR count). The van der Waals surface area contributed by atoms with E-state index in [-0.39, 0.29) is 23.9 Å². The zero-order valence-electron chi connectivity index (χ0n) is 22.1. The van der Waals surface area contributed by atoms with Crippen LogP contribution in [0.5, 0.6) is 5.75 Å². The number of nitrogens with two attached hydrogens (primary N) is 1. The topological polar surface area (TPSA) is 112 Å². The van der Waals surface area contributed by atoms with Gasteiger partial charge < -0.3 is 14.5 Å². The van der Waals surface area contributed by atoms with Gasteiger partial charge in [-0.1, -0.05) is 12.1 Å². The average Bonchev–Trinajstić information content (AvgIpc) is 2.98. The van der Waals surface area contributed by atoms with Crippen LogP contribution in [0.4, 0.5) is 20.3 Å². The zero-order chi connectivity index (χ0) is 28.4. The number of benzene rings is 1. The van der Waals surface area contributed by atoms with Crippen molar-refractivity contribution in [3.05, 3.63) is 59.9 Å². The number of nitrogens with zero attached hydrogens (tertiary/aromatic N) is 5. The van der Waals surface area contributed by atoms with Gasteiger partial charge >= 0.3 is 0 Å². The smallest absolute Gasteiger partial charge is 0.262 e. The van der Waals surface area contributed by atoms with E-state index in [0.29, 0.717) is 49.4 Å². The molecule has 39 heavy (non-hydrogen) atoms. The number of aromatic nitrogens is 1. The molecule has 1 aliphatic heterocycles. The number of hydrazine groups is 1. The molecule has 210 valence electrons. The van der Waals surface area contributed by atoms with Crippen molar-refractivity contribution in [3.8, 4) is 5.75 Å². The molecule has 0 spiro atoms. The Balaban J connectivity index is 1.89. The first-order valence-corrected chi connectivity index (χ1v) is 12.6. The Kier molecular flexibility index (Phi) is 10.7. The van der Waals surface area contributed by atoms with Crippen molar-refractivity contribution in [1.29, 1.82) is 0 Å². The number of allylic oxidation sites excluding steroid dienone is 1. The van der Waals surface area contributed by atoms with Gasteiger partial charge in [0, 0.05) is 44.3 Å². The minimum Gasteiger partial charge on any atom is -0.485 e. The molecule has 0 atom stereocenters. The van der Waals surface area contributed by atoms with Gasteiger partial charge in [0.05, 0.1) is 12.1 Å². The lowest BCUT2D eigenvalue weighted by Crippen LogP contribution is -2.43. The number of amides is 3. The van der Waals surface area contributed by atoms with E-state index in [4.69, 9.17) is 10.6 Å². The molecule has 12 heteroatoms. The first kappa shape index (κ1) is 29.5.